The number of fused-ring (bicyclic) bond motifs is 2. The fourth-order valence-corrected chi connectivity index (χ4v) is 5.77. The number of piperazine rings is 1. The second kappa shape index (κ2) is 6.41. The summed E-state index contributed by atoms with van der Waals surface area (Å²) in [7, 11) is -3.84. The topological polar surface area (TPSA) is 66.4 Å². The average molecular weight is 412 g/mol. The number of alkyl halides is 3. The van der Waals surface area contributed by atoms with E-state index >= 15 is 0 Å². The normalized spacial score (nSPS) is 22.8. The highest BCUT2D eigenvalue weighted by molar-refractivity contribution is 7.89. The summed E-state index contributed by atoms with van der Waals surface area (Å²) in [4.78, 5) is 10.6. The molecule has 0 aliphatic carbocycles. The van der Waals surface area contributed by atoms with Gasteiger partial charge in [-0.2, -0.15) is 17.5 Å². The lowest BCUT2D eigenvalue weighted by Crippen LogP contribution is -2.70. The summed E-state index contributed by atoms with van der Waals surface area (Å²) in [5, 5.41) is 0. The molecule has 0 N–H and O–H groups in total. The van der Waals surface area contributed by atoms with Crippen LogP contribution in [-0.2, 0) is 16.2 Å². The molecule has 4 heterocycles. The quantitative estimate of drug-likeness (QED) is 0.776. The number of halogens is 3. The van der Waals surface area contributed by atoms with E-state index < -0.39 is 21.8 Å². The molecule has 0 saturated carbocycles. The highest BCUT2D eigenvalue weighted by Gasteiger charge is 2.51. The number of nitrogens with zero attached hydrogens (tertiary/aromatic N) is 4. The first-order valence-electron chi connectivity index (χ1n) is 8.84. The number of hydrogen-bond donors (Lipinski definition) is 0. The Morgan fingerprint density at radius 1 is 1.04 bits per heavy atom. The van der Waals surface area contributed by atoms with Crippen molar-refractivity contribution < 1.29 is 21.6 Å². The smallest absolute Gasteiger partial charge is 0.353 e. The Kier molecular flexibility index (Phi) is 4.38. The third kappa shape index (κ3) is 3.24. The third-order valence-electron chi connectivity index (χ3n) is 5.16. The molecule has 28 heavy (non-hydrogen) atoms. The van der Waals surface area contributed by atoms with Crippen molar-refractivity contribution in [1.29, 1.82) is 0 Å². The van der Waals surface area contributed by atoms with E-state index in [4.69, 9.17) is 0 Å². The van der Waals surface area contributed by atoms with Gasteiger partial charge in [-0.25, -0.2) is 18.4 Å². The highest BCUT2D eigenvalue weighted by Crippen LogP contribution is 2.39. The maximum Gasteiger partial charge on any atom is 0.416 e. The van der Waals surface area contributed by atoms with Crippen molar-refractivity contribution in [1.82, 2.24) is 14.3 Å². The average Bonchev–Trinajstić information content (AvgIpc) is 2.60. The number of sulfonamides is 1. The molecule has 2 bridgehead atoms. The van der Waals surface area contributed by atoms with Crippen LogP contribution in [0.3, 0.4) is 0 Å². The summed E-state index contributed by atoms with van der Waals surface area (Å²) in [6.45, 7) is 4.67. The lowest BCUT2D eigenvalue weighted by molar-refractivity contribution is -0.137. The van der Waals surface area contributed by atoms with Crippen molar-refractivity contribution in [2.24, 2.45) is 0 Å². The number of aryl methyl sites for hydroxylation is 2. The van der Waals surface area contributed by atoms with Crippen molar-refractivity contribution in [3.63, 3.8) is 0 Å². The summed E-state index contributed by atoms with van der Waals surface area (Å²) in [5.74, 6) is 1.43. The van der Waals surface area contributed by atoms with Crippen molar-refractivity contribution in [2.75, 3.05) is 18.0 Å². The maximum absolute atomic E-state index is 12.9. The zero-order valence-electron chi connectivity index (χ0n) is 15.3. The molecule has 0 radical (unpaired) electrons. The molecule has 10 heteroatoms. The zero-order valence-corrected chi connectivity index (χ0v) is 16.1. The van der Waals surface area contributed by atoms with Crippen LogP contribution in [0.15, 0.2) is 35.2 Å². The first-order valence-corrected chi connectivity index (χ1v) is 10.3. The van der Waals surface area contributed by atoms with Gasteiger partial charge in [-0.05, 0) is 44.5 Å². The van der Waals surface area contributed by atoms with Crippen LogP contribution >= 0.6 is 0 Å². The minimum Gasteiger partial charge on any atom is -0.353 e. The number of hydrogen-bond acceptors (Lipinski definition) is 5. The molecule has 3 aliphatic rings. The molecule has 2 unspecified atom stereocenters. The summed E-state index contributed by atoms with van der Waals surface area (Å²) in [5.41, 5.74) is -0.0214. The largest absolute Gasteiger partial charge is 0.416 e. The van der Waals surface area contributed by atoms with Crippen LogP contribution in [0.2, 0.25) is 0 Å². The molecule has 3 aliphatic heterocycles. The predicted molar refractivity (Wildman–Crippen MR) is 96.4 cm³/mol. The van der Waals surface area contributed by atoms with Crippen LogP contribution in [0, 0.1) is 13.8 Å². The van der Waals surface area contributed by atoms with Gasteiger partial charge in [0, 0.05) is 36.9 Å². The molecule has 0 amide bonds. The maximum atomic E-state index is 12.9. The highest BCUT2D eigenvalue weighted by atomic mass is 32.2. The fourth-order valence-electron chi connectivity index (χ4n) is 3.95. The van der Waals surface area contributed by atoms with Crippen molar-refractivity contribution in [3.05, 3.63) is 47.4 Å². The van der Waals surface area contributed by atoms with E-state index in [0.29, 0.717) is 18.9 Å². The number of anilines is 1. The summed E-state index contributed by atoms with van der Waals surface area (Å²) in [6.07, 6.45) is -3.76. The van der Waals surface area contributed by atoms with Crippen LogP contribution in [0.1, 0.15) is 23.5 Å². The molecule has 6 nitrogen and oxygen atoms in total. The van der Waals surface area contributed by atoms with Crippen LogP contribution in [0.25, 0.3) is 0 Å². The van der Waals surface area contributed by atoms with E-state index in [-0.39, 0.29) is 17.0 Å². The Bertz CT molecular complexity index is 976. The van der Waals surface area contributed by atoms with Crippen LogP contribution in [-0.4, -0.2) is 47.9 Å². The Morgan fingerprint density at radius 3 is 2.18 bits per heavy atom. The molecule has 0 spiro atoms. The van der Waals surface area contributed by atoms with Crippen molar-refractivity contribution >= 4 is 15.8 Å². The van der Waals surface area contributed by atoms with Gasteiger partial charge in [-0.1, -0.05) is 0 Å². The van der Waals surface area contributed by atoms with E-state index in [1.807, 2.05) is 24.8 Å². The minimum atomic E-state index is -4.50. The lowest BCUT2D eigenvalue weighted by atomic mass is 9.91. The Labute approximate surface area is 161 Å². The molecule has 3 fully saturated rings. The first kappa shape index (κ1) is 19.1. The van der Waals surface area contributed by atoms with Gasteiger partial charge in [0.25, 0.3) is 0 Å². The Hall–Kier alpha value is -2.20. The molecule has 150 valence electrons. The summed E-state index contributed by atoms with van der Waals surface area (Å²) >= 11 is 0. The molecule has 1 aromatic heterocycles. The van der Waals surface area contributed by atoms with Crippen molar-refractivity contribution in [2.45, 2.75) is 43.4 Å². The Morgan fingerprint density at radius 2 is 1.64 bits per heavy atom. The predicted octanol–water partition coefficient (Wildman–Crippen LogP) is 2.76. The van der Waals surface area contributed by atoms with Gasteiger partial charge in [0.1, 0.15) is 11.6 Å². The van der Waals surface area contributed by atoms with Gasteiger partial charge in [-0.15, -0.1) is 0 Å². The van der Waals surface area contributed by atoms with Crippen molar-refractivity contribution in [3.8, 4) is 0 Å². The molecule has 3 saturated heterocycles. The van der Waals surface area contributed by atoms with Crippen LogP contribution < -0.4 is 4.90 Å². The molecule has 1 aromatic carbocycles. The molecule has 2 atom stereocenters. The molecular weight excluding hydrogens is 393 g/mol. The summed E-state index contributed by atoms with van der Waals surface area (Å²) in [6, 6.07) is 5.10. The SMILES string of the molecule is Cc1cc(N2CC3CC(C2)N3S(=O)(=O)c2ccc(C(F)(F)F)cc2)nc(C)n1. The molecular formula is C18H19F3N4O2S. The second-order valence-electron chi connectivity index (χ2n) is 7.22. The third-order valence-corrected chi connectivity index (χ3v) is 7.18. The van der Waals surface area contributed by atoms with E-state index in [1.54, 1.807) is 0 Å². The fraction of sp³-hybridized carbons (Fsp3) is 0.444. The minimum absolute atomic E-state index is 0.114. The Balaban J connectivity index is 1.54. The molecule has 5 rings (SSSR count). The zero-order chi connectivity index (χ0) is 20.3. The van der Waals surface area contributed by atoms with Gasteiger partial charge in [0.2, 0.25) is 10.0 Å². The van der Waals surface area contributed by atoms with Gasteiger partial charge < -0.3 is 4.90 Å². The van der Waals surface area contributed by atoms with Gasteiger partial charge in [0.05, 0.1) is 10.5 Å². The van der Waals surface area contributed by atoms with Crippen LogP contribution in [0.4, 0.5) is 19.0 Å². The van der Waals surface area contributed by atoms with E-state index in [2.05, 4.69) is 9.97 Å². The van der Waals surface area contributed by atoms with Gasteiger partial charge in [0.15, 0.2) is 0 Å². The monoisotopic (exact) mass is 412 g/mol. The lowest BCUT2D eigenvalue weighted by Gasteiger charge is -2.55. The molecule has 2 aromatic rings. The van der Waals surface area contributed by atoms with E-state index in [0.717, 1.165) is 42.2 Å². The number of piperidine rings is 1. The van der Waals surface area contributed by atoms with E-state index in [9.17, 15) is 21.6 Å². The number of rotatable bonds is 3. The number of aromatic nitrogens is 2. The van der Waals surface area contributed by atoms with Gasteiger partial charge >= 0.3 is 6.18 Å². The summed E-state index contributed by atoms with van der Waals surface area (Å²) < 4.78 is 65.5. The van der Waals surface area contributed by atoms with E-state index in [1.165, 1.54) is 4.31 Å². The van der Waals surface area contributed by atoms with Crippen LogP contribution in [0.5, 0.6) is 0 Å². The second-order valence-corrected chi connectivity index (χ2v) is 9.06. The standard InChI is InChI=1S/C18H19F3N4O2S/c1-11-7-17(23-12(2)22-11)24-9-14-8-15(10-24)25(14)28(26,27)16-5-3-13(4-6-16)18(19,20)21/h3-7,14-15H,8-10H2,1-2H3. The van der Waals surface area contributed by atoms with Gasteiger partial charge in [-0.3, -0.25) is 0 Å². The number of benzene rings is 1. The first-order chi connectivity index (χ1) is 13.1.